The van der Waals surface area contributed by atoms with Crippen LogP contribution in [0.3, 0.4) is 0 Å². The molecule has 0 aliphatic heterocycles. The van der Waals surface area contributed by atoms with Crippen molar-refractivity contribution < 1.29 is 101 Å². The molecule has 0 spiro atoms. The fraction of sp³-hybridized carbons (Fsp3) is 0.391. The van der Waals surface area contributed by atoms with Gasteiger partial charge >= 0.3 is 42.2 Å². The summed E-state index contributed by atoms with van der Waals surface area (Å²) in [5.74, 6) is -4.23. The number of benzene rings is 5. The van der Waals surface area contributed by atoms with Crippen LogP contribution in [0.1, 0.15) is 142 Å². The van der Waals surface area contributed by atoms with Crippen molar-refractivity contribution >= 4 is 95.9 Å². The summed E-state index contributed by atoms with van der Waals surface area (Å²) in [6, 6.07) is 42.3. The van der Waals surface area contributed by atoms with Gasteiger partial charge in [-0.1, -0.05) is 152 Å². The summed E-state index contributed by atoms with van der Waals surface area (Å²) >= 11 is 0. The number of nitrogens with one attached hydrogen (secondary N) is 3. The molecule has 26 nitrogen and oxygen atoms in total. The molecule has 28 heteroatoms. The van der Waals surface area contributed by atoms with Gasteiger partial charge in [0.15, 0.2) is 40.0 Å². The smallest absolute Gasteiger partial charge is 0.408 e. The first-order valence-electron chi connectivity index (χ1n) is 29.5. The van der Waals surface area contributed by atoms with Crippen LogP contribution in [0.15, 0.2) is 152 Å². The number of amides is 3. The van der Waals surface area contributed by atoms with Gasteiger partial charge in [0, 0.05) is 55.5 Å². The number of esters is 4. The molecule has 0 radical (unpaired) electrons. The maximum atomic E-state index is 13.1. The van der Waals surface area contributed by atoms with Gasteiger partial charge in [-0.25, -0.2) is 14.4 Å². The van der Waals surface area contributed by atoms with Crippen LogP contribution in [0.25, 0.3) is 0 Å². The van der Waals surface area contributed by atoms with Crippen molar-refractivity contribution in [1.82, 2.24) is 16.0 Å². The lowest BCUT2D eigenvalue weighted by Crippen LogP contribution is -2.61. The Hall–Kier alpha value is -9.44. The molecular formula is C69H91Cl2N5O21. The lowest BCUT2D eigenvalue weighted by Gasteiger charge is -2.33. The van der Waals surface area contributed by atoms with E-state index in [1.54, 1.807) is 178 Å². The number of aliphatic hydroxyl groups is 2. The lowest BCUT2D eigenvalue weighted by molar-refractivity contribution is -0.148. The van der Waals surface area contributed by atoms with Crippen LogP contribution in [-0.4, -0.2) is 167 Å². The van der Waals surface area contributed by atoms with Crippen molar-refractivity contribution in [3.63, 3.8) is 0 Å². The zero-order valence-electron chi connectivity index (χ0n) is 56.7. The number of ether oxygens (including phenoxy) is 7. The highest BCUT2D eigenvalue weighted by atomic mass is 35.5. The van der Waals surface area contributed by atoms with Crippen LogP contribution in [0.2, 0.25) is 0 Å². The van der Waals surface area contributed by atoms with E-state index in [9.17, 15) is 67.7 Å². The number of aliphatic hydroxyl groups excluding tert-OH is 2. The minimum absolute atomic E-state index is 0. The highest BCUT2D eigenvalue weighted by Crippen LogP contribution is 2.20. The van der Waals surface area contributed by atoms with E-state index in [0.29, 0.717) is 16.7 Å². The second-order valence-electron chi connectivity index (χ2n) is 23.7. The minimum atomic E-state index is -1.83. The molecule has 5 aromatic carbocycles. The Morgan fingerprint density at radius 2 is 0.629 bits per heavy atom. The number of ketones is 5. The summed E-state index contributed by atoms with van der Waals surface area (Å²) < 4.78 is 34.9. The van der Waals surface area contributed by atoms with Gasteiger partial charge in [0.2, 0.25) is 0 Å². The number of hydrogen-bond donors (Lipinski definition) is 7. The Morgan fingerprint density at radius 3 is 0.918 bits per heavy atom. The average molecular weight is 1400 g/mol. The summed E-state index contributed by atoms with van der Waals surface area (Å²) in [5, 5.41) is 26.1. The summed E-state index contributed by atoms with van der Waals surface area (Å²) in [4.78, 5) is 140. The van der Waals surface area contributed by atoms with Gasteiger partial charge in [-0.3, -0.25) is 43.2 Å². The Kier molecular flexibility index (Phi) is 40.3. The van der Waals surface area contributed by atoms with E-state index in [1.807, 2.05) is 24.3 Å². The first-order chi connectivity index (χ1) is 44.3. The topological polar surface area (TPSA) is 398 Å². The molecule has 0 aliphatic rings. The molecule has 0 saturated heterocycles. The number of Topliss-reactive ketones (excluding diaryl/α,β-unsaturated/α-hetero) is 5. The molecule has 0 aromatic heterocycles. The fourth-order valence-electron chi connectivity index (χ4n) is 7.26. The maximum absolute atomic E-state index is 13.1. The predicted molar refractivity (Wildman–Crippen MR) is 363 cm³/mol. The van der Waals surface area contributed by atoms with Crippen molar-refractivity contribution in [1.29, 1.82) is 0 Å². The molecule has 532 valence electrons. The molecule has 0 aliphatic carbocycles. The third-order valence-electron chi connectivity index (χ3n) is 11.7. The number of carbonyl (C=O) groups is 12. The zero-order valence-corrected chi connectivity index (χ0v) is 58.3. The normalized spacial score (nSPS) is 10.8. The number of nitrogens with two attached hydrogens (primary N) is 2. The van der Waals surface area contributed by atoms with Crippen molar-refractivity contribution in [2.75, 3.05) is 52.7 Å². The Morgan fingerprint density at radius 1 is 0.371 bits per heavy atom. The largest absolute Gasteiger partial charge is 0.463 e. The second kappa shape index (κ2) is 43.6. The van der Waals surface area contributed by atoms with Crippen molar-refractivity contribution in [3.05, 3.63) is 179 Å². The quantitative estimate of drug-likeness (QED) is 0.0184. The van der Waals surface area contributed by atoms with Crippen LogP contribution >= 0.6 is 24.8 Å². The molecule has 0 heterocycles. The van der Waals surface area contributed by atoms with Gasteiger partial charge in [-0.15, -0.1) is 24.8 Å². The predicted octanol–water partition coefficient (Wildman–Crippen LogP) is 8.14. The number of rotatable bonds is 23. The summed E-state index contributed by atoms with van der Waals surface area (Å²) in [7, 11) is 0. The van der Waals surface area contributed by atoms with E-state index < -0.39 is 119 Å². The van der Waals surface area contributed by atoms with Gasteiger partial charge in [0.25, 0.3) is 0 Å². The van der Waals surface area contributed by atoms with Gasteiger partial charge in [-0.2, -0.15) is 0 Å². The number of alkyl carbamates (subject to hydrolysis) is 3. The molecule has 5 rings (SSSR count). The first-order valence-corrected chi connectivity index (χ1v) is 29.5. The van der Waals surface area contributed by atoms with E-state index in [1.165, 1.54) is 26.0 Å². The van der Waals surface area contributed by atoms with E-state index in [4.69, 9.17) is 44.6 Å². The van der Waals surface area contributed by atoms with Crippen LogP contribution in [-0.2, 0) is 52.3 Å². The third kappa shape index (κ3) is 36.3. The standard InChI is InChI=1S/C19H25NO7.C15H21NO5.C14H17NO5.C13H17NO3.C8H9NO.2ClH/c1-13(21)25-11-19(12-26-14(2)22,20-17(24)27-18(3,4)5)16(23)15-9-7-6-8-10-15;1-14(2,3)21-13(20)16-15(9-17,10-18)12(19)11-7-5-4-6-8-11;1-10(16)19-8-14(15,9-20-11(2)17)13(18)12-6-4-3-5-7-12;1-13(2,3)17-12(16)14-9-11(15)10-7-5-4-6-8-10;9-6-8(10)7-4-2-1-3-5-7;;/h6-10H,11-12H2,1-5H3,(H,20,24);4-8,17-18H,9-10H2,1-3H3,(H,16,20);3-7H,8-9,15H2,1-2H3;4-8H,9H2,1-3H3,(H,14,16);1-5H,6,9H2;2*1H. The minimum Gasteiger partial charge on any atom is -0.463 e. The Balaban J connectivity index is 0. The van der Waals surface area contributed by atoms with Crippen LogP contribution < -0.4 is 27.4 Å². The second-order valence-corrected chi connectivity index (χ2v) is 23.7. The molecule has 9 N–H and O–H groups in total. The van der Waals surface area contributed by atoms with Crippen LogP contribution in [0.5, 0.6) is 0 Å². The third-order valence-corrected chi connectivity index (χ3v) is 11.7. The zero-order chi connectivity index (χ0) is 72.2. The van der Waals surface area contributed by atoms with E-state index in [2.05, 4.69) is 16.0 Å². The lowest BCUT2D eigenvalue weighted by atomic mass is 9.90. The fourth-order valence-corrected chi connectivity index (χ4v) is 7.26. The van der Waals surface area contributed by atoms with E-state index >= 15 is 0 Å². The molecule has 97 heavy (non-hydrogen) atoms. The molecule has 0 fully saturated rings. The Bertz CT molecular complexity index is 3270. The average Bonchev–Trinajstić information content (AvgIpc) is 0.813. The Labute approximate surface area is 577 Å². The highest BCUT2D eigenvalue weighted by Gasteiger charge is 2.45. The van der Waals surface area contributed by atoms with Crippen molar-refractivity contribution in [3.8, 4) is 0 Å². The molecule has 0 bridgehead atoms. The van der Waals surface area contributed by atoms with Crippen LogP contribution in [0.4, 0.5) is 14.4 Å². The highest BCUT2D eigenvalue weighted by molar-refractivity contribution is 6.06. The summed E-state index contributed by atoms with van der Waals surface area (Å²) in [6.07, 6.45) is -2.37. The monoisotopic (exact) mass is 1400 g/mol. The molecule has 0 saturated carbocycles. The number of carbonyl (C=O) groups excluding carboxylic acids is 12. The van der Waals surface area contributed by atoms with Gasteiger partial charge < -0.3 is 70.8 Å². The van der Waals surface area contributed by atoms with Gasteiger partial charge in [-0.05, 0) is 62.3 Å². The number of halogens is 2. The first kappa shape index (κ1) is 89.6. The summed E-state index contributed by atoms with van der Waals surface area (Å²) in [6.45, 7) is 16.8. The van der Waals surface area contributed by atoms with Gasteiger partial charge in [0.05, 0.1) is 26.3 Å². The molecule has 0 atom stereocenters. The van der Waals surface area contributed by atoms with E-state index in [0.717, 1.165) is 13.8 Å². The van der Waals surface area contributed by atoms with Gasteiger partial charge in [0.1, 0.15) is 48.8 Å². The molecular weight excluding hydrogens is 1310 g/mol. The molecule has 5 aromatic rings. The van der Waals surface area contributed by atoms with Crippen molar-refractivity contribution in [2.45, 2.75) is 123 Å². The van der Waals surface area contributed by atoms with E-state index in [-0.39, 0.29) is 73.8 Å². The maximum Gasteiger partial charge on any atom is 0.408 e. The SMILES string of the molecule is CC(=O)OCC(COC(C)=O)(NC(=O)OC(C)(C)C)C(=O)c1ccccc1.CC(=O)OCC(N)(COC(C)=O)C(=O)c1ccccc1.CC(C)(C)OC(=O)NC(CO)(CO)C(=O)c1ccccc1.CC(C)(C)OC(=O)NCC(=O)c1ccccc1.Cl.Cl.NCC(=O)c1ccccc1. The molecule has 3 amide bonds. The van der Waals surface area contributed by atoms with Crippen LogP contribution in [0, 0.1) is 0 Å². The summed E-state index contributed by atoms with van der Waals surface area (Å²) in [5.41, 5.74) is 5.87. The van der Waals surface area contributed by atoms with Crippen molar-refractivity contribution in [2.24, 2.45) is 11.5 Å². The molecule has 0 unspecified atom stereocenters. The number of hydrogen-bond acceptors (Lipinski definition) is 23.